The molecule has 0 heterocycles. The van der Waals surface area contributed by atoms with Crippen LogP contribution in [-0.4, -0.2) is 27.9 Å². The van der Waals surface area contributed by atoms with Crippen molar-refractivity contribution < 1.29 is 0 Å². The Bertz CT molecular complexity index is 162. The highest BCUT2D eigenvalue weighted by atomic mass is 35.5. The van der Waals surface area contributed by atoms with E-state index in [1.807, 2.05) is 0 Å². The first-order chi connectivity index (χ1) is 9.13. The van der Waals surface area contributed by atoms with Crippen LogP contribution in [0, 0.1) is 0 Å². The second kappa shape index (κ2) is 16.4. The van der Waals surface area contributed by atoms with E-state index in [9.17, 15) is 0 Å². The minimum Gasteiger partial charge on any atom is -0.118 e. The lowest BCUT2D eigenvalue weighted by Crippen LogP contribution is -1.88. The molecule has 2 unspecified atom stereocenters. The summed E-state index contributed by atoms with van der Waals surface area (Å²) < 4.78 is 0. The van der Waals surface area contributed by atoms with Gasteiger partial charge in [-0.05, 0) is 43.9 Å². The van der Waals surface area contributed by atoms with E-state index in [2.05, 4.69) is 0 Å². The summed E-state index contributed by atoms with van der Waals surface area (Å²) in [5.41, 5.74) is 0. The largest absolute Gasteiger partial charge is 0.118 e. The molecule has 0 aromatic heterocycles. The van der Waals surface area contributed by atoms with E-state index in [1.165, 1.54) is 56.8 Å². The van der Waals surface area contributed by atoms with Crippen molar-refractivity contribution in [2.45, 2.75) is 61.0 Å². The Balaban J connectivity index is 2.95. The summed E-state index contributed by atoms with van der Waals surface area (Å²) in [4.78, 5) is -0.339. The van der Waals surface area contributed by atoms with Crippen LogP contribution < -0.4 is 0 Å². The van der Waals surface area contributed by atoms with Gasteiger partial charge >= 0.3 is 0 Å². The molecule has 0 saturated heterocycles. The summed E-state index contributed by atoms with van der Waals surface area (Å²) in [6.45, 7) is 0. The maximum Gasteiger partial charge on any atom is 0.107 e. The van der Waals surface area contributed by atoms with E-state index in [-0.39, 0.29) is 9.67 Å². The Labute approximate surface area is 142 Å². The zero-order valence-corrected chi connectivity index (χ0v) is 16.5. The first-order valence-corrected chi connectivity index (χ1v) is 11.7. The summed E-state index contributed by atoms with van der Waals surface area (Å²) in [6, 6.07) is 0. The van der Waals surface area contributed by atoms with Gasteiger partial charge in [0.25, 0.3) is 0 Å². The van der Waals surface area contributed by atoms with Crippen LogP contribution in [0.15, 0.2) is 0 Å². The molecule has 0 spiro atoms. The van der Waals surface area contributed by atoms with Gasteiger partial charge in [-0.1, -0.05) is 25.7 Å². The van der Waals surface area contributed by atoms with Crippen LogP contribution in [0.3, 0.4) is 0 Å². The molecule has 0 N–H and O–H groups in total. The Morgan fingerprint density at radius 1 is 0.579 bits per heavy atom. The molecular weight excluding hydrogens is 360 g/mol. The van der Waals surface area contributed by atoms with Crippen molar-refractivity contribution in [2.24, 2.45) is 0 Å². The van der Waals surface area contributed by atoms with Crippen molar-refractivity contribution in [2.75, 3.05) is 18.2 Å². The molecule has 0 nitrogen and oxygen atoms in total. The molecule has 0 aromatic carbocycles. The van der Waals surface area contributed by atoms with Gasteiger partial charge in [-0.15, -0.1) is 63.6 Å². The van der Waals surface area contributed by atoms with Gasteiger partial charge in [0.15, 0.2) is 0 Å². The maximum absolute atomic E-state index is 5.68. The van der Waals surface area contributed by atoms with Crippen molar-refractivity contribution in [3.05, 3.63) is 0 Å². The molecule has 0 bridgehead atoms. The fourth-order valence-corrected chi connectivity index (χ4v) is 5.45. The molecule has 0 aliphatic rings. The topological polar surface area (TPSA) is 0 Å². The van der Waals surface area contributed by atoms with E-state index in [4.69, 9.17) is 46.4 Å². The van der Waals surface area contributed by atoms with Gasteiger partial charge < -0.3 is 0 Å². The van der Waals surface area contributed by atoms with Crippen LogP contribution in [0.25, 0.3) is 0 Å². The van der Waals surface area contributed by atoms with E-state index in [1.54, 1.807) is 0 Å². The number of halogens is 4. The number of unbranched alkanes of at least 4 members (excludes halogenated alkanes) is 4. The van der Waals surface area contributed by atoms with Crippen LogP contribution in [0.5, 0.6) is 0 Å². The fourth-order valence-electron chi connectivity index (χ4n) is 1.72. The first-order valence-electron chi connectivity index (χ1n) is 7.10. The molecule has 0 aromatic rings. The monoisotopic (exact) mass is 384 g/mol. The number of hydrogen-bond donors (Lipinski definition) is 0. The second-order valence-electron chi connectivity index (χ2n) is 4.66. The lowest BCUT2D eigenvalue weighted by Gasteiger charge is -2.04. The third kappa shape index (κ3) is 20.0. The molecule has 2 atom stereocenters. The van der Waals surface area contributed by atoms with Gasteiger partial charge in [0.2, 0.25) is 0 Å². The van der Waals surface area contributed by atoms with Crippen LogP contribution >= 0.6 is 63.6 Å². The quantitative estimate of drug-likeness (QED) is 0.171. The molecule has 0 aliphatic heterocycles. The summed E-state index contributed by atoms with van der Waals surface area (Å²) in [7, 11) is 2.30. The normalized spacial score (nSPS) is 12.9. The van der Waals surface area contributed by atoms with Crippen LogP contribution in [-0.2, 0) is 0 Å². The van der Waals surface area contributed by atoms with Gasteiger partial charge in [0, 0.05) is 0 Å². The van der Waals surface area contributed by atoms with Crippen molar-refractivity contribution in [1.82, 2.24) is 0 Å². The average molecular weight is 386 g/mol. The second-order valence-corrected chi connectivity index (χ2v) is 10.6. The Kier molecular flexibility index (Phi) is 18.1. The zero-order valence-electron chi connectivity index (χ0n) is 11.4. The molecule has 116 valence electrons. The lowest BCUT2D eigenvalue weighted by atomic mass is 10.2. The van der Waals surface area contributed by atoms with Crippen molar-refractivity contribution >= 4 is 63.6 Å². The smallest absolute Gasteiger partial charge is 0.107 e. The summed E-state index contributed by atoms with van der Waals surface area (Å²) in [5.74, 6) is 1.43. The first kappa shape index (κ1) is 21.0. The third-order valence-electron chi connectivity index (χ3n) is 2.80. The van der Waals surface area contributed by atoms with E-state index in [0.29, 0.717) is 0 Å². The summed E-state index contributed by atoms with van der Waals surface area (Å²) in [5, 5.41) is 0. The molecule has 6 heteroatoms. The summed E-state index contributed by atoms with van der Waals surface area (Å²) >= 11 is 22.7. The number of rotatable bonds is 14. The Morgan fingerprint density at radius 3 is 1.37 bits per heavy atom. The molecule has 0 aliphatic carbocycles. The minimum atomic E-state index is -0.170. The molecule has 0 radical (unpaired) electrons. The standard InChI is InChI=1S/C13H26Cl4P2/c14-12(15)7-3-1-5-9-18-11-19-10-6-2-4-8-13(16)17/h12-13,18-19H,1-11H2. The van der Waals surface area contributed by atoms with Gasteiger partial charge in [-0.3, -0.25) is 0 Å². The molecule has 0 rings (SSSR count). The zero-order chi connectivity index (χ0) is 14.3. The van der Waals surface area contributed by atoms with Crippen molar-refractivity contribution in [3.63, 3.8) is 0 Å². The highest BCUT2D eigenvalue weighted by Gasteiger charge is 1.99. The van der Waals surface area contributed by atoms with Crippen molar-refractivity contribution in [1.29, 1.82) is 0 Å². The SMILES string of the molecule is ClC(Cl)CCCCCPCPCCCCCC(Cl)Cl. The van der Waals surface area contributed by atoms with E-state index in [0.717, 1.165) is 30.0 Å². The van der Waals surface area contributed by atoms with Crippen molar-refractivity contribution in [3.8, 4) is 0 Å². The molecular formula is C13H26Cl4P2. The van der Waals surface area contributed by atoms with Gasteiger partial charge in [0.1, 0.15) is 9.67 Å². The fraction of sp³-hybridized carbons (Fsp3) is 1.00. The maximum atomic E-state index is 5.68. The predicted molar refractivity (Wildman–Crippen MR) is 99.2 cm³/mol. The number of hydrogen-bond acceptors (Lipinski definition) is 0. The lowest BCUT2D eigenvalue weighted by molar-refractivity contribution is 0.695. The van der Waals surface area contributed by atoms with Crippen LogP contribution in [0.1, 0.15) is 51.4 Å². The van der Waals surface area contributed by atoms with Crippen LogP contribution in [0.4, 0.5) is 0 Å². The minimum absolute atomic E-state index is 0.170. The predicted octanol–water partition coefficient (Wildman–Crippen LogP) is 7.03. The summed E-state index contributed by atoms with van der Waals surface area (Å²) in [6.07, 6.45) is 12.3. The molecule has 19 heavy (non-hydrogen) atoms. The van der Waals surface area contributed by atoms with E-state index < -0.39 is 0 Å². The third-order valence-corrected chi connectivity index (χ3v) is 7.09. The highest BCUT2D eigenvalue weighted by Crippen LogP contribution is 2.26. The molecule has 0 amide bonds. The van der Waals surface area contributed by atoms with Gasteiger partial charge in [-0.25, -0.2) is 0 Å². The Hall–Kier alpha value is 2.02. The van der Waals surface area contributed by atoms with Gasteiger partial charge in [-0.2, -0.15) is 0 Å². The number of alkyl halides is 4. The highest BCUT2D eigenvalue weighted by molar-refractivity contribution is 7.56. The molecule has 0 fully saturated rings. The molecule has 0 saturated carbocycles. The van der Waals surface area contributed by atoms with Crippen LogP contribution in [0.2, 0.25) is 0 Å². The van der Waals surface area contributed by atoms with Gasteiger partial charge in [0.05, 0.1) is 0 Å². The Morgan fingerprint density at radius 2 is 1.00 bits per heavy atom. The van der Waals surface area contributed by atoms with E-state index >= 15 is 0 Å². The average Bonchev–Trinajstić information content (AvgIpc) is 2.34.